The first-order valence-electron chi connectivity index (χ1n) is 12.2. The molecule has 8 nitrogen and oxygen atoms in total. The number of nitrogens with zero attached hydrogens (tertiary/aromatic N) is 5. The molecule has 1 saturated heterocycles. The van der Waals surface area contributed by atoms with Crippen molar-refractivity contribution >= 4 is 16.9 Å². The van der Waals surface area contributed by atoms with Gasteiger partial charge in [0.2, 0.25) is 12.3 Å². The Morgan fingerprint density at radius 1 is 1.17 bits per heavy atom. The van der Waals surface area contributed by atoms with Crippen LogP contribution in [0.15, 0.2) is 53.6 Å². The second kappa shape index (κ2) is 9.73. The Morgan fingerprint density at radius 3 is 2.67 bits per heavy atom. The third-order valence-corrected chi connectivity index (χ3v) is 6.80. The zero-order valence-electron chi connectivity index (χ0n) is 20.7. The molecule has 1 fully saturated rings. The van der Waals surface area contributed by atoms with E-state index in [1.165, 1.54) is 6.92 Å². The molecule has 0 amide bonds. The van der Waals surface area contributed by atoms with E-state index in [4.69, 9.17) is 4.74 Å². The SMILES string of the molecule is Cc1ccc(OC(C)F)c(Cn2c3cc(-c4cnc(N5CCC[C@H]5CO)nc4)ccc3c(=O)n2C)c1. The smallest absolute Gasteiger partial charge is 0.274 e. The van der Waals surface area contributed by atoms with Gasteiger partial charge in [0.05, 0.1) is 30.1 Å². The second-order valence-corrected chi connectivity index (χ2v) is 9.33. The topological polar surface area (TPSA) is 85.4 Å². The first-order valence-corrected chi connectivity index (χ1v) is 12.2. The maximum absolute atomic E-state index is 13.6. The molecule has 1 aliphatic heterocycles. The number of anilines is 1. The van der Waals surface area contributed by atoms with Crippen LogP contribution in [0.1, 0.15) is 30.9 Å². The molecule has 0 radical (unpaired) electrons. The van der Waals surface area contributed by atoms with E-state index in [2.05, 4.69) is 9.97 Å². The van der Waals surface area contributed by atoms with Crippen LogP contribution in [0.4, 0.5) is 10.3 Å². The largest absolute Gasteiger partial charge is 0.460 e. The number of aryl methyl sites for hydroxylation is 1. The van der Waals surface area contributed by atoms with Crippen molar-refractivity contribution in [3.63, 3.8) is 0 Å². The lowest BCUT2D eigenvalue weighted by atomic mass is 10.1. The van der Waals surface area contributed by atoms with Crippen molar-refractivity contribution in [3.8, 4) is 16.9 Å². The van der Waals surface area contributed by atoms with E-state index < -0.39 is 6.36 Å². The van der Waals surface area contributed by atoms with Gasteiger partial charge in [0.25, 0.3) is 5.56 Å². The standard InChI is InChI=1S/C27H30FN5O3/c1-17-6-9-25(36-18(2)28)20(11-17)15-33-24-12-19(7-8-23(24)26(35)31(33)3)21-13-29-27(30-14-21)32-10-4-5-22(32)16-34/h6-9,11-14,18,22,34H,4-5,10,15-16H2,1-3H3/t18?,22-/m0/s1. The highest BCUT2D eigenvalue weighted by molar-refractivity contribution is 5.84. The Balaban J connectivity index is 1.52. The highest BCUT2D eigenvalue weighted by Gasteiger charge is 2.25. The molecular formula is C27H30FN5O3. The third-order valence-electron chi connectivity index (χ3n) is 6.80. The van der Waals surface area contributed by atoms with Gasteiger partial charge in [0, 0.05) is 44.0 Å². The molecule has 4 aromatic rings. The highest BCUT2D eigenvalue weighted by Crippen LogP contribution is 2.28. The van der Waals surface area contributed by atoms with Gasteiger partial charge in [0.15, 0.2) is 0 Å². The van der Waals surface area contributed by atoms with Crippen LogP contribution >= 0.6 is 0 Å². The number of ether oxygens (including phenoxy) is 1. The monoisotopic (exact) mass is 491 g/mol. The number of aliphatic hydroxyl groups is 1. The van der Waals surface area contributed by atoms with Gasteiger partial charge in [-0.15, -0.1) is 0 Å². The molecule has 188 valence electrons. The molecule has 2 aromatic heterocycles. The van der Waals surface area contributed by atoms with E-state index in [1.54, 1.807) is 30.2 Å². The predicted octanol–water partition coefficient (Wildman–Crippen LogP) is 3.81. The fraction of sp³-hybridized carbons (Fsp3) is 0.370. The maximum atomic E-state index is 13.6. The van der Waals surface area contributed by atoms with Crippen molar-refractivity contribution in [2.24, 2.45) is 7.05 Å². The van der Waals surface area contributed by atoms with Crippen LogP contribution < -0.4 is 15.2 Å². The van der Waals surface area contributed by atoms with Crippen LogP contribution in [0.5, 0.6) is 5.75 Å². The van der Waals surface area contributed by atoms with E-state index >= 15 is 0 Å². The molecule has 1 N–H and O–H groups in total. The lowest BCUT2D eigenvalue weighted by molar-refractivity contribution is 0.0847. The summed E-state index contributed by atoms with van der Waals surface area (Å²) in [6.07, 6.45) is 4.05. The van der Waals surface area contributed by atoms with Crippen LogP contribution in [0, 0.1) is 6.92 Å². The summed E-state index contributed by atoms with van der Waals surface area (Å²) in [6, 6.07) is 11.3. The summed E-state index contributed by atoms with van der Waals surface area (Å²) in [5.41, 5.74) is 4.16. The molecule has 1 unspecified atom stereocenters. The molecule has 9 heteroatoms. The summed E-state index contributed by atoms with van der Waals surface area (Å²) >= 11 is 0. The van der Waals surface area contributed by atoms with E-state index in [1.807, 2.05) is 46.8 Å². The van der Waals surface area contributed by atoms with Gasteiger partial charge in [-0.05, 0) is 43.5 Å². The quantitative estimate of drug-likeness (QED) is 0.423. The van der Waals surface area contributed by atoms with Crippen molar-refractivity contribution in [1.29, 1.82) is 0 Å². The molecule has 36 heavy (non-hydrogen) atoms. The van der Waals surface area contributed by atoms with Crippen molar-refractivity contribution in [3.05, 3.63) is 70.3 Å². The number of aromatic nitrogens is 4. The number of benzene rings is 2. The zero-order valence-corrected chi connectivity index (χ0v) is 20.7. The fourth-order valence-corrected chi connectivity index (χ4v) is 4.93. The average Bonchev–Trinajstić information content (AvgIpc) is 3.44. The molecule has 1 aliphatic rings. The van der Waals surface area contributed by atoms with Crippen LogP contribution in [0.3, 0.4) is 0 Å². The summed E-state index contributed by atoms with van der Waals surface area (Å²) in [6.45, 7) is 4.57. The molecule has 2 aromatic carbocycles. The zero-order chi connectivity index (χ0) is 25.4. The summed E-state index contributed by atoms with van der Waals surface area (Å²) in [5.74, 6) is 1.07. The Bertz CT molecular complexity index is 1440. The number of rotatable bonds is 7. The molecule has 3 heterocycles. The summed E-state index contributed by atoms with van der Waals surface area (Å²) in [4.78, 5) is 24.1. The molecule has 0 aliphatic carbocycles. The Morgan fingerprint density at radius 2 is 1.94 bits per heavy atom. The summed E-state index contributed by atoms with van der Waals surface area (Å²) in [7, 11) is 1.72. The van der Waals surface area contributed by atoms with Gasteiger partial charge in [0.1, 0.15) is 5.75 Å². The lowest BCUT2D eigenvalue weighted by Crippen LogP contribution is -2.33. The molecule has 0 saturated carbocycles. The first kappa shape index (κ1) is 24.0. The lowest BCUT2D eigenvalue weighted by Gasteiger charge is -2.22. The van der Waals surface area contributed by atoms with Crippen molar-refractivity contribution in [2.45, 2.75) is 45.6 Å². The molecular weight excluding hydrogens is 461 g/mol. The second-order valence-electron chi connectivity index (χ2n) is 9.33. The molecule has 2 atom stereocenters. The number of aliphatic hydroxyl groups excluding tert-OH is 1. The summed E-state index contributed by atoms with van der Waals surface area (Å²) in [5, 5.41) is 10.2. The average molecular weight is 492 g/mol. The van der Waals surface area contributed by atoms with Gasteiger partial charge >= 0.3 is 0 Å². The molecule has 0 bridgehead atoms. The van der Waals surface area contributed by atoms with Gasteiger partial charge in [-0.2, -0.15) is 0 Å². The number of alkyl halides is 1. The Kier molecular flexibility index (Phi) is 6.49. The van der Waals surface area contributed by atoms with E-state index in [0.29, 0.717) is 23.6 Å². The minimum absolute atomic E-state index is 0.0572. The molecule has 0 spiro atoms. The highest BCUT2D eigenvalue weighted by atomic mass is 19.1. The van der Waals surface area contributed by atoms with Crippen LogP contribution in [0.25, 0.3) is 22.0 Å². The number of halogens is 1. The Hall–Kier alpha value is -3.72. The van der Waals surface area contributed by atoms with E-state index in [0.717, 1.165) is 47.2 Å². The minimum Gasteiger partial charge on any atom is -0.460 e. The number of hydrogen-bond donors (Lipinski definition) is 1. The Labute approximate surface area is 208 Å². The minimum atomic E-state index is -1.44. The summed E-state index contributed by atoms with van der Waals surface area (Å²) < 4.78 is 22.5. The maximum Gasteiger partial charge on any atom is 0.274 e. The third kappa shape index (κ3) is 4.46. The van der Waals surface area contributed by atoms with Gasteiger partial charge in [-0.1, -0.05) is 23.8 Å². The van der Waals surface area contributed by atoms with Crippen LogP contribution in [0.2, 0.25) is 0 Å². The number of hydrogen-bond acceptors (Lipinski definition) is 6. The van der Waals surface area contributed by atoms with Crippen molar-refractivity contribution in [2.75, 3.05) is 18.1 Å². The van der Waals surface area contributed by atoms with Crippen molar-refractivity contribution in [1.82, 2.24) is 19.3 Å². The van der Waals surface area contributed by atoms with Gasteiger partial charge < -0.3 is 14.7 Å². The van der Waals surface area contributed by atoms with Gasteiger partial charge in [-0.3, -0.25) is 14.2 Å². The normalized spacial score (nSPS) is 16.6. The van der Waals surface area contributed by atoms with Crippen LogP contribution in [-0.2, 0) is 13.6 Å². The van der Waals surface area contributed by atoms with E-state index in [-0.39, 0.29) is 18.2 Å². The first-order chi connectivity index (χ1) is 17.4. The van der Waals surface area contributed by atoms with Crippen LogP contribution in [-0.4, -0.2) is 50.0 Å². The fourth-order valence-electron chi connectivity index (χ4n) is 4.93. The molecule has 5 rings (SSSR count). The predicted molar refractivity (Wildman–Crippen MR) is 137 cm³/mol. The van der Waals surface area contributed by atoms with Gasteiger partial charge in [-0.25, -0.2) is 14.4 Å². The van der Waals surface area contributed by atoms with E-state index in [9.17, 15) is 14.3 Å². The number of fused-ring (bicyclic) bond motifs is 1. The van der Waals surface area contributed by atoms with Crippen molar-refractivity contribution < 1.29 is 14.2 Å².